The van der Waals surface area contributed by atoms with Crippen molar-refractivity contribution in [1.82, 2.24) is 0 Å². The van der Waals surface area contributed by atoms with Gasteiger partial charge in [0.15, 0.2) is 0 Å². The molecule has 0 saturated carbocycles. The summed E-state index contributed by atoms with van der Waals surface area (Å²) in [4.78, 5) is 10.4. The molecule has 23 heavy (non-hydrogen) atoms. The molecule has 2 N–H and O–H groups in total. The van der Waals surface area contributed by atoms with E-state index in [2.05, 4.69) is 12.2 Å². The zero-order valence-corrected chi connectivity index (χ0v) is 15.0. The maximum atomic E-state index is 10.4. The number of hydrogen-bond acceptors (Lipinski definition) is 2. The summed E-state index contributed by atoms with van der Waals surface area (Å²) in [6.45, 7) is 0.265. The molecule has 0 saturated heterocycles. The van der Waals surface area contributed by atoms with E-state index < -0.39 is 5.97 Å². The maximum Gasteiger partial charge on any atom is 0.303 e. The molecule has 0 amide bonds. The Labute approximate surface area is 143 Å². The molecule has 0 aliphatic heterocycles. The summed E-state index contributed by atoms with van der Waals surface area (Å²) in [5, 5.41) is 17.2. The Kier molecular flexibility index (Phi) is 18.5. The van der Waals surface area contributed by atoms with Gasteiger partial charge in [-0.2, -0.15) is 0 Å². The topological polar surface area (TPSA) is 57.5 Å². The minimum absolute atomic E-state index is 0.265. The summed E-state index contributed by atoms with van der Waals surface area (Å²) in [6.07, 6.45) is 23.0. The second-order valence-electron chi connectivity index (χ2n) is 6.51. The first-order valence-electron chi connectivity index (χ1n) is 9.75. The lowest BCUT2D eigenvalue weighted by atomic mass is 10.0. The van der Waals surface area contributed by atoms with Crippen LogP contribution in [0.15, 0.2) is 12.2 Å². The fourth-order valence-corrected chi connectivity index (χ4v) is 2.79. The van der Waals surface area contributed by atoms with Crippen molar-refractivity contribution in [2.45, 2.75) is 103 Å². The van der Waals surface area contributed by atoms with Gasteiger partial charge in [0.2, 0.25) is 0 Å². The third kappa shape index (κ3) is 21.2. The van der Waals surface area contributed by atoms with Crippen molar-refractivity contribution in [2.75, 3.05) is 6.61 Å². The largest absolute Gasteiger partial charge is 0.481 e. The second kappa shape index (κ2) is 19.2. The van der Waals surface area contributed by atoms with Crippen LogP contribution in [0.1, 0.15) is 103 Å². The number of aliphatic carboxylic acids is 1. The first kappa shape index (κ1) is 22.2. The van der Waals surface area contributed by atoms with Crippen LogP contribution in [0.2, 0.25) is 0 Å². The third-order valence-corrected chi connectivity index (χ3v) is 4.22. The molecule has 0 aromatic heterocycles. The highest BCUT2D eigenvalue weighted by atomic mass is 16.4. The zero-order chi connectivity index (χ0) is 17.0. The fraction of sp³-hybridized carbons (Fsp3) is 0.850. The lowest BCUT2D eigenvalue weighted by Crippen LogP contribution is -1.93. The number of rotatable bonds is 18. The van der Waals surface area contributed by atoms with Gasteiger partial charge in [0.05, 0.1) is 0 Å². The van der Waals surface area contributed by atoms with Crippen LogP contribution in [0.3, 0.4) is 0 Å². The molecule has 0 bridgehead atoms. The van der Waals surface area contributed by atoms with E-state index in [1.54, 1.807) is 0 Å². The molecule has 0 atom stereocenters. The molecule has 0 fully saturated rings. The number of unbranched alkanes of at least 4 members (excludes halogenated alkanes) is 13. The van der Waals surface area contributed by atoms with Crippen molar-refractivity contribution in [3.8, 4) is 0 Å². The number of allylic oxidation sites excluding steroid dienone is 1. The molecular weight excluding hydrogens is 288 g/mol. The number of aliphatic hydroxyl groups excluding tert-OH is 1. The van der Waals surface area contributed by atoms with E-state index in [-0.39, 0.29) is 6.61 Å². The summed E-state index contributed by atoms with van der Waals surface area (Å²) in [6, 6.07) is 0. The lowest BCUT2D eigenvalue weighted by Gasteiger charge is -2.03. The van der Waals surface area contributed by atoms with Crippen molar-refractivity contribution in [2.24, 2.45) is 0 Å². The number of carboxylic acid groups (broad SMARTS) is 1. The first-order valence-corrected chi connectivity index (χ1v) is 9.75. The molecule has 136 valence electrons. The van der Waals surface area contributed by atoms with Gasteiger partial charge in [-0.3, -0.25) is 4.79 Å². The molecule has 0 aliphatic carbocycles. The number of hydrogen-bond donors (Lipinski definition) is 2. The minimum Gasteiger partial charge on any atom is -0.481 e. The first-order chi connectivity index (χ1) is 11.3. The van der Waals surface area contributed by atoms with Gasteiger partial charge in [-0.25, -0.2) is 0 Å². The average molecular weight is 327 g/mol. The summed E-state index contributed by atoms with van der Waals surface area (Å²) in [5.74, 6) is -0.664. The molecule has 0 spiro atoms. The monoisotopic (exact) mass is 326 g/mol. The van der Waals surface area contributed by atoms with E-state index in [1.165, 1.54) is 70.6 Å². The standard InChI is InChI=1S/C20H38O3/c21-19-17-15-13-11-9-7-5-3-1-2-4-6-8-10-12-14-16-18-20(22)23/h13,15,21H,1-12,14,16-19H2,(H,22,23)/b15-13-. The highest BCUT2D eigenvalue weighted by Crippen LogP contribution is 2.13. The Hall–Kier alpha value is -0.830. The van der Waals surface area contributed by atoms with E-state index in [0.29, 0.717) is 6.42 Å². The van der Waals surface area contributed by atoms with Crippen LogP contribution in [-0.4, -0.2) is 22.8 Å². The van der Waals surface area contributed by atoms with E-state index in [4.69, 9.17) is 10.2 Å². The number of carboxylic acids is 1. The third-order valence-electron chi connectivity index (χ3n) is 4.22. The lowest BCUT2D eigenvalue weighted by molar-refractivity contribution is -0.137. The fourth-order valence-electron chi connectivity index (χ4n) is 2.79. The van der Waals surface area contributed by atoms with Crippen molar-refractivity contribution >= 4 is 5.97 Å². The van der Waals surface area contributed by atoms with Gasteiger partial charge >= 0.3 is 5.97 Å². The molecule has 0 unspecified atom stereocenters. The van der Waals surface area contributed by atoms with Gasteiger partial charge in [-0.05, 0) is 25.7 Å². The van der Waals surface area contributed by atoms with Gasteiger partial charge in [-0.15, -0.1) is 0 Å². The van der Waals surface area contributed by atoms with Crippen molar-refractivity contribution in [1.29, 1.82) is 0 Å². The Balaban J connectivity index is 3.01. The SMILES string of the molecule is O=C(O)CCCCCCCCCCCCCCC/C=C\CCO. The molecule has 3 heteroatoms. The predicted molar refractivity (Wildman–Crippen MR) is 97.7 cm³/mol. The summed E-state index contributed by atoms with van der Waals surface area (Å²) < 4.78 is 0. The molecule has 0 aromatic rings. The second-order valence-corrected chi connectivity index (χ2v) is 6.51. The smallest absolute Gasteiger partial charge is 0.303 e. The van der Waals surface area contributed by atoms with E-state index >= 15 is 0 Å². The van der Waals surface area contributed by atoms with Crippen LogP contribution in [0.4, 0.5) is 0 Å². The van der Waals surface area contributed by atoms with Gasteiger partial charge in [0.25, 0.3) is 0 Å². The molecule has 0 aromatic carbocycles. The Bertz CT molecular complexity index is 274. The highest BCUT2D eigenvalue weighted by Gasteiger charge is 1.97. The summed E-state index contributed by atoms with van der Waals surface area (Å²) in [7, 11) is 0. The normalized spacial score (nSPS) is 11.3. The Morgan fingerprint density at radius 1 is 0.609 bits per heavy atom. The molecule has 0 radical (unpaired) electrons. The van der Waals surface area contributed by atoms with E-state index in [9.17, 15) is 4.79 Å². The average Bonchev–Trinajstić information content (AvgIpc) is 2.53. The maximum absolute atomic E-state index is 10.4. The number of aliphatic hydroxyl groups is 1. The Morgan fingerprint density at radius 3 is 1.43 bits per heavy atom. The van der Waals surface area contributed by atoms with Gasteiger partial charge < -0.3 is 10.2 Å². The van der Waals surface area contributed by atoms with Crippen molar-refractivity contribution in [3.63, 3.8) is 0 Å². The Morgan fingerprint density at radius 2 is 1.00 bits per heavy atom. The van der Waals surface area contributed by atoms with E-state index in [0.717, 1.165) is 25.7 Å². The summed E-state index contributed by atoms with van der Waals surface area (Å²) in [5.41, 5.74) is 0. The van der Waals surface area contributed by atoms with Crippen LogP contribution >= 0.6 is 0 Å². The van der Waals surface area contributed by atoms with Gasteiger partial charge in [0, 0.05) is 13.0 Å². The highest BCUT2D eigenvalue weighted by molar-refractivity contribution is 5.66. The van der Waals surface area contributed by atoms with Gasteiger partial charge in [-0.1, -0.05) is 82.8 Å². The molecule has 0 rings (SSSR count). The molecule has 3 nitrogen and oxygen atoms in total. The molecule has 0 heterocycles. The molecule has 0 aliphatic rings. The van der Waals surface area contributed by atoms with Crippen molar-refractivity contribution in [3.05, 3.63) is 12.2 Å². The zero-order valence-electron chi connectivity index (χ0n) is 15.0. The van der Waals surface area contributed by atoms with Crippen LogP contribution in [0, 0.1) is 0 Å². The van der Waals surface area contributed by atoms with Crippen LogP contribution in [-0.2, 0) is 4.79 Å². The minimum atomic E-state index is -0.664. The molecular formula is C20H38O3. The van der Waals surface area contributed by atoms with E-state index in [1.807, 2.05) is 0 Å². The van der Waals surface area contributed by atoms with Crippen LogP contribution < -0.4 is 0 Å². The van der Waals surface area contributed by atoms with Crippen LogP contribution in [0.25, 0.3) is 0 Å². The number of carbonyl (C=O) groups is 1. The van der Waals surface area contributed by atoms with Gasteiger partial charge in [0.1, 0.15) is 0 Å². The summed E-state index contributed by atoms with van der Waals surface area (Å²) >= 11 is 0. The van der Waals surface area contributed by atoms with Crippen molar-refractivity contribution < 1.29 is 15.0 Å². The van der Waals surface area contributed by atoms with Crippen LogP contribution in [0.5, 0.6) is 0 Å². The predicted octanol–water partition coefficient (Wildman–Crippen LogP) is 5.86. The quantitative estimate of drug-likeness (QED) is 0.245.